The minimum absolute atomic E-state index is 0.0511. The van der Waals surface area contributed by atoms with Gasteiger partial charge in [-0.15, -0.1) is 0 Å². The number of aromatic nitrogens is 2. The summed E-state index contributed by atoms with van der Waals surface area (Å²) in [6.07, 6.45) is 2.12. The summed E-state index contributed by atoms with van der Waals surface area (Å²) < 4.78 is 1.36. The van der Waals surface area contributed by atoms with Crippen molar-refractivity contribution < 1.29 is 4.79 Å². The van der Waals surface area contributed by atoms with Crippen LogP contribution < -0.4 is 10.9 Å². The van der Waals surface area contributed by atoms with Crippen LogP contribution in [0.5, 0.6) is 0 Å². The Bertz CT molecular complexity index is 737. The lowest BCUT2D eigenvalue weighted by molar-refractivity contribution is -0.125. The molecule has 114 valence electrons. The van der Waals surface area contributed by atoms with Gasteiger partial charge in [-0.3, -0.25) is 9.59 Å². The molecule has 5 nitrogen and oxygen atoms in total. The molecule has 1 aliphatic carbocycles. The lowest BCUT2D eigenvalue weighted by Gasteiger charge is -2.23. The number of fused-ring (bicyclic) bond motifs is 1. The molecule has 0 fully saturated rings. The number of hydrogen-bond acceptors (Lipinski definition) is 3. The van der Waals surface area contributed by atoms with E-state index in [0.29, 0.717) is 13.0 Å². The normalized spacial score (nSPS) is 16.9. The van der Waals surface area contributed by atoms with Crippen molar-refractivity contribution in [1.82, 2.24) is 15.1 Å². The molecule has 0 bridgehead atoms. The molecule has 0 saturated heterocycles. The largest absolute Gasteiger partial charge is 0.352 e. The number of carbonyl (C=O) groups is 1. The van der Waals surface area contributed by atoms with Gasteiger partial charge in [-0.1, -0.05) is 30.3 Å². The Balaban J connectivity index is 1.65. The maximum Gasteiger partial charge on any atom is 0.266 e. The van der Waals surface area contributed by atoms with Gasteiger partial charge in [0, 0.05) is 25.6 Å². The summed E-state index contributed by atoms with van der Waals surface area (Å²) in [5.41, 5.74) is 2.81. The Hall–Kier alpha value is -2.43. The third kappa shape index (κ3) is 3.08. The molecule has 2 aromatic rings. The van der Waals surface area contributed by atoms with Crippen LogP contribution in [0.15, 0.2) is 41.2 Å². The van der Waals surface area contributed by atoms with E-state index in [0.717, 1.165) is 29.7 Å². The van der Waals surface area contributed by atoms with Crippen molar-refractivity contribution >= 4 is 5.91 Å². The van der Waals surface area contributed by atoms with Crippen LogP contribution in [-0.2, 0) is 31.2 Å². The topological polar surface area (TPSA) is 64.0 Å². The Labute approximate surface area is 129 Å². The van der Waals surface area contributed by atoms with Gasteiger partial charge >= 0.3 is 0 Å². The maximum absolute atomic E-state index is 12.3. The summed E-state index contributed by atoms with van der Waals surface area (Å²) in [4.78, 5) is 24.0. The van der Waals surface area contributed by atoms with Crippen LogP contribution in [0.2, 0.25) is 0 Å². The zero-order valence-corrected chi connectivity index (χ0v) is 12.6. The standard InChI is InChI=1S/C17H19N3O2/c1-20-16(21)10-14-9-13(7-8-15(14)19-20)17(22)18-11-12-5-3-2-4-6-12/h2-6,10,13H,7-9,11H2,1H3,(H,18,22). The number of rotatable bonds is 3. The summed E-state index contributed by atoms with van der Waals surface area (Å²) in [6, 6.07) is 11.5. The molecule has 5 heteroatoms. The number of aryl methyl sites for hydroxylation is 2. The van der Waals surface area contributed by atoms with Crippen molar-refractivity contribution in [3.63, 3.8) is 0 Å². The van der Waals surface area contributed by atoms with Gasteiger partial charge in [0.15, 0.2) is 0 Å². The summed E-state index contributed by atoms with van der Waals surface area (Å²) in [6.45, 7) is 0.540. The molecular formula is C17H19N3O2. The number of nitrogens with one attached hydrogen (secondary N) is 1. The molecule has 0 spiro atoms. The predicted molar refractivity (Wildman–Crippen MR) is 83.3 cm³/mol. The first-order chi connectivity index (χ1) is 10.6. The second kappa shape index (κ2) is 6.13. The first-order valence-electron chi connectivity index (χ1n) is 7.51. The van der Waals surface area contributed by atoms with E-state index in [-0.39, 0.29) is 17.4 Å². The van der Waals surface area contributed by atoms with Crippen molar-refractivity contribution in [2.24, 2.45) is 13.0 Å². The average Bonchev–Trinajstić information content (AvgIpc) is 2.54. The minimum atomic E-state index is -0.121. The van der Waals surface area contributed by atoms with Gasteiger partial charge in [0.25, 0.3) is 5.56 Å². The molecule has 0 radical (unpaired) electrons. The average molecular weight is 297 g/mol. The van der Waals surface area contributed by atoms with Crippen LogP contribution in [0.3, 0.4) is 0 Å². The predicted octanol–water partition coefficient (Wildman–Crippen LogP) is 1.20. The van der Waals surface area contributed by atoms with Crippen molar-refractivity contribution in [3.8, 4) is 0 Å². The van der Waals surface area contributed by atoms with Crippen LogP contribution >= 0.6 is 0 Å². The van der Waals surface area contributed by atoms with Crippen LogP contribution in [0.4, 0.5) is 0 Å². The van der Waals surface area contributed by atoms with Gasteiger partial charge in [0.2, 0.25) is 5.91 Å². The highest BCUT2D eigenvalue weighted by atomic mass is 16.2. The Kier molecular flexibility index (Phi) is 4.04. The van der Waals surface area contributed by atoms with Gasteiger partial charge in [-0.2, -0.15) is 5.10 Å². The van der Waals surface area contributed by atoms with E-state index < -0.39 is 0 Å². The van der Waals surface area contributed by atoms with Gasteiger partial charge in [0.1, 0.15) is 0 Å². The second-order valence-electron chi connectivity index (χ2n) is 5.72. The highest BCUT2D eigenvalue weighted by Gasteiger charge is 2.26. The van der Waals surface area contributed by atoms with Crippen molar-refractivity contribution in [2.75, 3.05) is 0 Å². The SMILES string of the molecule is Cn1nc2c(cc1=O)CC(C(=O)NCc1ccccc1)CC2. The van der Waals surface area contributed by atoms with Gasteiger partial charge in [0.05, 0.1) is 5.69 Å². The molecule has 1 aromatic carbocycles. The zero-order valence-electron chi connectivity index (χ0n) is 12.6. The molecule has 1 amide bonds. The highest BCUT2D eigenvalue weighted by Crippen LogP contribution is 2.23. The number of benzene rings is 1. The third-order valence-corrected chi connectivity index (χ3v) is 4.13. The summed E-state index contributed by atoms with van der Waals surface area (Å²) >= 11 is 0. The van der Waals surface area contributed by atoms with E-state index in [2.05, 4.69) is 10.4 Å². The Morgan fingerprint density at radius 1 is 1.36 bits per heavy atom. The summed E-state index contributed by atoms with van der Waals surface area (Å²) in [5, 5.41) is 7.26. The van der Waals surface area contributed by atoms with Crippen molar-refractivity contribution in [1.29, 1.82) is 0 Å². The fourth-order valence-electron chi connectivity index (χ4n) is 2.84. The fraction of sp³-hybridized carbons (Fsp3) is 0.353. The smallest absolute Gasteiger partial charge is 0.266 e. The molecule has 1 aliphatic rings. The van der Waals surface area contributed by atoms with E-state index in [1.165, 1.54) is 4.68 Å². The summed E-state index contributed by atoms with van der Waals surface area (Å²) in [7, 11) is 1.65. The monoisotopic (exact) mass is 297 g/mol. The fourth-order valence-corrected chi connectivity index (χ4v) is 2.84. The van der Waals surface area contributed by atoms with E-state index in [1.807, 2.05) is 30.3 Å². The van der Waals surface area contributed by atoms with E-state index in [1.54, 1.807) is 13.1 Å². The number of amides is 1. The van der Waals surface area contributed by atoms with Gasteiger partial charge in [-0.05, 0) is 30.4 Å². The first kappa shape index (κ1) is 14.5. The molecular weight excluding hydrogens is 278 g/mol. The van der Waals surface area contributed by atoms with Gasteiger partial charge < -0.3 is 5.32 Å². The molecule has 1 aromatic heterocycles. The van der Waals surface area contributed by atoms with Gasteiger partial charge in [-0.25, -0.2) is 4.68 Å². The molecule has 3 rings (SSSR count). The first-order valence-corrected chi connectivity index (χ1v) is 7.51. The van der Waals surface area contributed by atoms with Crippen LogP contribution in [0.1, 0.15) is 23.2 Å². The Morgan fingerprint density at radius 2 is 2.14 bits per heavy atom. The number of nitrogens with zero attached hydrogens (tertiary/aromatic N) is 2. The van der Waals surface area contributed by atoms with Crippen molar-refractivity contribution in [3.05, 3.63) is 63.6 Å². The minimum Gasteiger partial charge on any atom is -0.352 e. The molecule has 1 N–H and O–H groups in total. The molecule has 0 aliphatic heterocycles. The van der Waals surface area contributed by atoms with Crippen LogP contribution in [0.25, 0.3) is 0 Å². The Morgan fingerprint density at radius 3 is 2.91 bits per heavy atom. The molecule has 1 heterocycles. The van der Waals surface area contributed by atoms with E-state index >= 15 is 0 Å². The second-order valence-corrected chi connectivity index (χ2v) is 5.72. The van der Waals surface area contributed by atoms with E-state index in [9.17, 15) is 9.59 Å². The molecule has 22 heavy (non-hydrogen) atoms. The van der Waals surface area contributed by atoms with Crippen LogP contribution in [0, 0.1) is 5.92 Å². The van der Waals surface area contributed by atoms with Crippen LogP contribution in [-0.4, -0.2) is 15.7 Å². The van der Waals surface area contributed by atoms with E-state index in [4.69, 9.17) is 0 Å². The third-order valence-electron chi connectivity index (χ3n) is 4.13. The lowest BCUT2D eigenvalue weighted by atomic mass is 9.86. The quantitative estimate of drug-likeness (QED) is 0.926. The lowest BCUT2D eigenvalue weighted by Crippen LogP contribution is -2.35. The summed E-state index contributed by atoms with van der Waals surface area (Å²) in [5.74, 6) is -0.0275. The maximum atomic E-state index is 12.3. The molecule has 1 atom stereocenters. The van der Waals surface area contributed by atoms with Crippen molar-refractivity contribution in [2.45, 2.75) is 25.8 Å². The number of carbonyl (C=O) groups excluding carboxylic acids is 1. The molecule has 1 unspecified atom stereocenters. The highest BCUT2D eigenvalue weighted by molar-refractivity contribution is 5.79. The number of hydrogen-bond donors (Lipinski definition) is 1. The zero-order chi connectivity index (χ0) is 15.5. The molecule has 0 saturated carbocycles.